The fourth-order valence-electron chi connectivity index (χ4n) is 2.04. The second-order valence-corrected chi connectivity index (χ2v) is 5.17. The van der Waals surface area contributed by atoms with E-state index in [1.54, 1.807) is 17.3 Å². The van der Waals surface area contributed by atoms with E-state index in [2.05, 4.69) is 15.6 Å². The van der Waals surface area contributed by atoms with Gasteiger partial charge in [0.1, 0.15) is 25.0 Å². The summed E-state index contributed by atoms with van der Waals surface area (Å²) < 4.78 is 7.61. The molecule has 0 aliphatic rings. The number of benzene rings is 2. The van der Waals surface area contributed by atoms with E-state index >= 15 is 0 Å². The van der Waals surface area contributed by atoms with E-state index in [4.69, 9.17) is 16.3 Å². The molecule has 22 heavy (non-hydrogen) atoms. The normalized spacial score (nSPS) is 10.4. The molecule has 0 bridgehead atoms. The van der Waals surface area contributed by atoms with E-state index in [-0.39, 0.29) is 0 Å². The maximum Gasteiger partial charge on any atom is 0.138 e. The van der Waals surface area contributed by atoms with Crippen LogP contribution in [0.15, 0.2) is 61.2 Å². The van der Waals surface area contributed by atoms with Gasteiger partial charge in [0, 0.05) is 10.6 Å². The van der Waals surface area contributed by atoms with Crippen molar-refractivity contribution in [2.45, 2.75) is 13.2 Å². The van der Waals surface area contributed by atoms with Gasteiger partial charge in [0.2, 0.25) is 0 Å². The smallest absolute Gasteiger partial charge is 0.138 e. The molecule has 3 rings (SSSR count). The van der Waals surface area contributed by atoms with E-state index in [9.17, 15) is 0 Å². The molecule has 0 radical (unpaired) electrons. The van der Waals surface area contributed by atoms with Gasteiger partial charge in [0.05, 0.1) is 6.54 Å². The van der Waals surface area contributed by atoms with Crippen LogP contribution in [-0.2, 0) is 13.2 Å². The summed E-state index contributed by atoms with van der Waals surface area (Å²) in [5, 5.41) is 8.21. The highest BCUT2D eigenvalue weighted by molar-refractivity contribution is 6.30. The molecule has 1 heterocycles. The molecule has 1 N–H and O–H groups in total. The fourth-order valence-corrected chi connectivity index (χ4v) is 2.25. The summed E-state index contributed by atoms with van der Waals surface area (Å²) in [4.78, 5) is 0. The van der Waals surface area contributed by atoms with Crippen molar-refractivity contribution in [3.05, 3.63) is 77.3 Å². The van der Waals surface area contributed by atoms with Gasteiger partial charge < -0.3 is 10.2 Å². The summed E-state index contributed by atoms with van der Waals surface area (Å²) >= 11 is 5.98. The molecule has 0 fully saturated rings. The molecular weight excluding hydrogens is 300 g/mol. The van der Waals surface area contributed by atoms with Crippen LogP contribution >= 0.6 is 11.6 Å². The highest BCUT2D eigenvalue weighted by Gasteiger charge is 2.04. The lowest BCUT2D eigenvalue weighted by molar-refractivity contribution is 0.303. The summed E-state index contributed by atoms with van der Waals surface area (Å²) in [6, 6.07) is 15.6. The first kappa shape index (κ1) is 14.4. The molecule has 2 aromatic carbocycles. The predicted molar refractivity (Wildman–Crippen MR) is 85.3 cm³/mol. The highest BCUT2D eigenvalue weighted by atomic mass is 35.5. The first-order chi connectivity index (χ1) is 10.8. The van der Waals surface area contributed by atoms with Gasteiger partial charge in [0.25, 0.3) is 0 Å². The number of halogens is 1. The lowest BCUT2D eigenvalue weighted by Gasteiger charge is -2.13. The Kier molecular flexibility index (Phi) is 4.56. The van der Waals surface area contributed by atoms with E-state index in [1.165, 1.54) is 0 Å². The van der Waals surface area contributed by atoms with Crippen molar-refractivity contribution in [2.75, 3.05) is 5.43 Å². The molecule has 112 valence electrons. The van der Waals surface area contributed by atoms with Crippen LogP contribution in [0, 0.1) is 0 Å². The molecule has 0 saturated heterocycles. The minimum atomic E-state index is 0.476. The Bertz CT molecular complexity index is 731. The quantitative estimate of drug-likeness (QED) is 0.759. The second-order valence-electron chi connectivity index (χ2n) is 4.73. The van der Waals surface area contributed by atoms with Gasteiger partial charge in [-0.2, -0.15) is 0 Å². The lowest BCUT2D eigenvalue weighted by atomic mass is 10.2. The molecule has 1 aromatic heterocycles. The Morgan fingerprint density at radius 3 is 2.68 bits per heavy atom. The Morgan fingerprint density at radius 1 is 1.05 bits per heavy atom. The van der Waals surface area contributed by atoms with Crippen molar-refractivity contribution in [3.8, 4) is 5.75 Å². The molecule has 0 unspecified atom stereocenters. The van der Waals surface area contributed by atoms with Crippen molar-refractivity contribution in [2.24, 2.45) is 0 Å². The van der Waals surface area contributed by atoms with Crippen LogP contribution in [-0.4, -0.2) is 14.9 Å². The van der Waals surface area contributed by atoms with Gasteiger partial charge in [0.15, 0.2) is 0 Å². The standard InChI is InChI=1S/C16H15ClN4O/c17-15-6-3-4-13(8-15)10-22-16-7-2-1-5-14(16)9-20-21-11-18-19-12-21/h1-8,11-12,20H,9-10H2. The van der Waals surface area contributed by atoms with Crippen molar-refractivity contribution in [1.29, 1.82) is 0 Å². The molecule has 0 saturated carbocycles. The monoisotopic (exact) mass is 314 g/mol. The topological polar surface area (TPSA) is 52.0 Å². The van der Waals surface area contributed by atoms with E-state index < -0.39 is 0 Å². The van der Waals surface area contributed by atoms with Gasteiger partial charge in [-0.1, -0.05) is 41.9 Å². The summed E-state index contributed by atoms with van der Waals surface area (Å²) in [7, 11) is 0. The van der Waals surface area contributed by atoms with E-state index in [1.807, 2.05) is 48.5 Å². The van der Waals surface area contributed by atoms with E-state index in [0.717, 1.165) is 16.9 Å². The Labute approximate surface area is 133 Å². The first-order valence-electron chi connectivity index (χ1n) is 6.85. The Balaban J connectivity index is 1.65. The summed E-state index contributed by atoms with van der Waals surface area (Å²) in [5.41, 5.74) is 5.27. The van der Waals surface area contributed by atoms with Gasteiger partial charge in [-0.3, -0.25) is 0 Å². The highest BCUT2D eigenvalue weighted by Crippen LogP contribution is 2.20. The van der Waals surface area contributed by atoms with Gasteiger partial charge >= 0.3 is 0 Å². The molecule has 0 spiro atoms. The van der Waals surface area contributed by atoms with Crippen LogP contribution < -0.4 is 10.2 Å². The van der Waals surface area contributed by atoms with Crippen molar-refractivity contribution in [3.63, 3.8) is 0 Å². The van der Waals surface area contributed by atoms with Gasteiger partial charge in [-0.05, 0) is 23.8 Å². The molecule has 0 aliphatic heterocycles. The number of nitrogens with one attached hydrogen (secondary N) is 1. The van der Waals surface area contributed by atoms with Crippen LogP contribution in [0.5, 0.6) is 5.75 Å². The van der Waals surface area contributed by atoms with Crippen LogP contribution in [0.25, 0.3) is 0 Å². The van der Waals surface area contributed by atoms with Crippen LogP contribution in [0.2, 0.25) is 5.02 Å². The van der Waals surface area contributed by atoms with Gasteiger partial charge in [-0.25, -0.2) is 4.68 Å². The lowest BCUT2D eigenvalue weighted by Crippen LogP contribution is -2.13. The maximum atomic E-state index is 5.98. The maximum absolute atomic E-state index is 5.98. The largest absolute Gasteiger partial charge is 0.489 e. The number of hydrogen-bond donors (Lipinski definition) is 1. The molecule has 3 aromatic rings. The third kappa shape index (κ3) is 3.77. The van der Waals surface area contributed by atoms with Gasteiger partial charge in [-0.15, -0.1) is 10.2 Å². The molecule has 5 nitrogen and oxygen atoms in total. The van der Waals surface area contributed by atoms with E-state index in [0.29, 0.717) is 18.2 Å². The minimum absolute atomic E-state index is 0.476. The Hall–Kier alpha value is -2.53. The van der Waals surface area contributed by atoms with Crippen LogP contribution in [0.3, 0.4) is 0 Å². The first-order valence-corrected chi connectivity index (χ1v) is 7.23. The fraction of sp³-hybridized carbons (Fsp3) is 0.125. The summed E-state index contributed by atoms with van der Waals surface area (Å²) in [6.45, 7) is 1.09. The van der Waals surface area contributed by atoms with Crippen LogP contribution in [0.1, 0.15) is 11.1 Å². The SMILES string of the molecule is Clc1cccc(COc2ccccc2CNn2cnnc2)c1. The zero-order valence-electron chi connectivity index (χ0n) is 11.8. The van der Waals surface area contributed by atoms with Crippen LogP contribution in [0.4, 0.5) is 0 Å². The molecule has 0 aliphatic carbocycles. The van der Waals surface area contributed by atoms with Crippen molar-refractivity contribution >= 4 is 11.6 Å². The molecular formula is C16H15ClN4O. The van der Waals surface area contributed by atoms with Crippen molar-refractivity contribution < 1.29 is 4.74 Å². The number of aromatic nitrogens is 3. The number of nitrogens with zero attached hydrogens (tertiary/aromatic N) is 3. The number of rotatable bonds is 6. The third-order valence-corrected chi connectivity index (χ3v) is 3.36. The average molecular weight is 315 g/mol. The predicted octanol–water partition coefficient (Wildman–Crippen LogP) is 3.25. The minimum Gasteiger partial charge on any atom is -0.489 e. The zero-order chi connectivity index (χ0) is 15.2. The number of hydrogen-bond acceptors (Lipinski definition) is 4. The Morgan fingerprint density at radius 2 is 1.86 bits per heavy atom. The average Bonchev–Trinajstić information content (AvgIpc) is 3.05. The number of ether oxygens (including phenoxy) is 1. The van der Waals surface area contributed by atoms with Crippen molar-refractivity contribution in [1.82, 2.24) is 14.9 Å². The second kappa shape index (κ2) is 6.95. The summed E-state index contributed by atoms with van der Waals surface area (Å²) in [6.07, 6.45) is 3.21. The number of para-hydroxylation sites is 1. The summed E-state index contributed by atoms with van der Waals surface area (Å²) in [5.74, 6) is 0.836. The molecule has 6 heteroatoms. The zero-order valence-corrected chi connectivity index (χ0v) is 12.6. The third-order valence-electron chi connectivity index (χ3n) is 3.13. The molecule has 0 atom stereocenters. The molecule has 0 amide bonds.